The Morgan fingerprint density at radius 1 is 1.10 bits per heavy atom. The maximum Gasteiger partial charge on any atom is 0.275 e. The van der Waals surface area contributed by atoms with Gasteiger partial charge in [0.15, 0.2) is 5.69 Å². The van der Waals surface area contributed by atoms with Gasteiger partial charge >= 0.3 is 0 Å². The number of carbonyl (C=O) groups is 1. The van der Waals surface area contributed by atoms with Crippen LogP contribution in [0.5, 0.6) is 0 Å². The summed E-state index contributed by atoms with van der Waals surface area (Å²) in [5, 5.41) is 12.2. The van der Waals surface area contributed by atoms with Gasteiger partial charge in [-0.25, -0.2) is 0 Å². The first kappa shape index (κ1) is 19.4. The number of benzene rings is 2. The minimum atomic E-state index is -0.0340. The number of nitrogens with zero attached hydrogens (tertiary/aromatic N) is 5. The van der Waals surface area contributed by atoms with Gasteiger partial charge in [0.25, 0.3) is 5.91 Å². The highest BCUT2D eigenvalue weighted by Crippen LogP contribution is 2.24. The molecule has 8 heteroatoms. The van der Waals surface area contributed by atoms with Gasteiger partial charge in [-0.1, -0.05) is 47.1 Å². The molecule has 3 heterocycles. The van der Waals surface area contributed by atoms with Gasteiger partial charge in [0.1, 0.15) is 0 Å². The highest BCUT2D eigenvalue weighted by molar-refractivity contribution is 6.04. The number of aromatic amines is 1. The number of H-pyrrole nitrogens is 1. The third-order valence-electron chi connectivity index (χ3n) is 5.90. The number of piperazine rings is 1. The summed E-state index contributed by atoms with van der Waals surface area (Å²) < 4.78 is 5.53. The molecule has 1 unspecified atom stereocenters. The van der Waals surface area contributed by atoms with Gasteiger partial charge in [0.05, 0.1) is 11.6 Å². The summed E-state index contributed by atoms with van der Waals surface area (Å²) in [6, 6.07) is 15.7. The molecule has 1 atom stereocenters. The number of nitrogens with one attached hydrogen (secondary N) is 1. The van der Waals surface area contributed by atoms with Gasteiger partial charge in [-0.3, -0.25) is 14.8 Å². The zero-order valence-corrected chi connectivity index (χ0v) is 17.6. The van der Waals surface area contributed by atoms with Crippen LogP contribution in [-0.2, 0) is 0 Å². The summed E-state index contributed by atoms with van der Waals surface area (Å²) in [7, 11) is 0. The molecule has 0 spiro atoms. The fraction of sp³-hybridized carbons (Fsp3) is 0.304. The van der Waals surface area contributed by atoms with E-state index >= 15 is 0 Å². The predicted octanol–water partition coefficient (Wildman–Crippen LogP) is 3.44. The van der Waals surface area contributed by atoms with Crippen LogP contribution >= 0.6 is 0 Å². The molecule has 1 N–H and O–H groups in total. The van der Waals surface area contributed by atoms with Crippen molar-refractivity contribution in [1.29, 1.82) is 0 Å². The van der Waals surface area contributed by atoms with E-state index in [-0.39, 0.29) is 11.9 Å². The monoisotopic (exact) mass is 416 g/mol. The summed E-state index contributed by atoms with van der Waals surface area (Å²) in [5.74, 6) is 1.15. The number of aromatic nitrogens is 4. The van der Waals surface area contributed by atoms with Gasteiger partial charge in [-0.05, 0) is 26.0 Å². The Kier molecular flexibility index (Phi) is 4.99. The Hall–Kier alpha value is -3.52. The van der Waals surface area contributed by atoms with Crippen LogP contribution in [-0.4, -0.2) is 62.2 Å². The van der Waals surface area contributed by atoms with Crippen LogP contribution in [0.1, 0.15) is 34.9 Å². The minimum absolute atomic E-state index is 0.0175. The van der Waals surface area contributed by atoms with E-state index in [2.05, 4.69) is 32.2 Å². The first-order valence-electron chi connectivity index (χ1n) is 10.5. The minimum Gasteiger partial charge on any atom is -0.337 e. The van der Waals surface area contributed by atoms with Crippen LogP contribution in [0.25, 0.3) is 22.3 Å². The van der Waals surface area contributed by atoms with Gasteiger partial charge in [0.2, 0.25) is 11.7 Å². The Balaban J connectivity index is 1.25. The smallest absolute Gasteiger partial charge is 0.275 e. The van der Waals surface area contributed by atoms with Gasteiger partial charge < -0.3 is 9.42 Å². The van der Waals surface area contributed by atoms with E-state index in [9.17, 15) is 4.79 Å². The molecule has 1 aliphatic rings. The van der Waals surface area contributed by atoms with Crippen molar-refractivity contribution < 1.29 is 9.32 Å². The lowest BCUT2D eigenvalue weighted by atomic mass is 10.1. The number of rotatable bonds is 4. The lowest BCUT2D eigenvalue weighted by molar-refractivity contribution is 0.0548. The van der Waals surface area contributed by atoms with E-state index in [1.165, 1.54) is 0 Å². The maximum atomic E-state index is 13.1. The predicted molar refractivity (Wildman–Crippen MR) is 116 cm³/mol. The van der Waals surface area contributed by atoms with Crippen LogP contribution in [0.4, 0.5) is 0 Å². The lowest BCUT2D eigenvalue weighted by Gasteiger charge is -2.36. The molecular formula is C23H24N6O2. The van der Waals surface area contributed by atoms with Crippen molar-refractivity contribution in [3.05, 3.63) is 65.7 Å². The van der Waals surface area contributed by atoms with Crippen LogP contribution in [0.2, 0.25) is 0 Å². The van der Waals surface area contributed by atoms with Gasteiger partial charge in [-0.15, -0.1) is 0 Å². The molecule has 1 fully saturated rings. The largest absolute Gasteiger partial charge is 0.337 e. The summed E-state index contributed by atoms with van der Waals surface area (Å²) in [5.41, 5.74) is 3.41. The van der Waals surface area contributed by atoms with Crippen LogP contribution in [0.3, 0.4) is 0 Å². The van der Waals surface area contributed by atoms with Crippen molar-refractivity contribution in [2.45, 2.75) is 19.9 Å². The average Bonchev–Trinajstić information content (AvgIpc) is 3.46. The van der Waals surface area contributed by atoms with E-state index in [0.29, 0.717) is 30.5 Å². The van der Waals surface area contributed by atoms with Crippen molar-refractivity contribution in [2.75, 3.05) is 26.2 Å². The Morgan fingerprint density at radius 3 is 2.65 bits per heavy atom. The number of fused-ring (bicyclic) bond motifs is 1. The standard InChI is InChI=1S/C23H24N6O2/c1-15-8-9-19-18(14-15)20(26-25-19)23(30)29-12-10-28(11-13-29)16(2)22-24-21(27-31-22)17-6-4-3-5-7-17/h3-9,14,16H,10-13H2,1-2H3,(H,25,26). The van der Waals surface area contributed by atoms with E-state index in [4.69, 9.17) is 4.52 Å². The van der Waals surface area contributed by atoms with Gasteiger partial charge in [-0.2, -0.15) is 10.1 Å². The molecule has 1 amide bonds. The normalized spacial score (nSPS) is 16.0. The Labute approximate surface area is 179 Å². The highest BCUT2D eigenvalue weighted by atomic mass is 16.5. The molecular weight excluding hydrogens is 392 g/mol. The summed E-state index contributed by atoms with van der Waals surface area (Å²) in [6.07, 6.45) is 0. The molecule has 158 valence electrons. The second kappa shape index (κ2) is 7.96. The Morgan fingerprint density at radius 2 is 1.87 bits per heavy atom. The number of carbonyl (C=O) groups excluding carboxylic acids is 1. The van der Waals surface area contributed by atoms with Crippen LogP contribution < -0.4 is 0 Å². The molecule has 0 bridgehead atoms. The fourth-order valence-electron chi connectivity index (χ4n) is 4.02. The van der Waals surface area contributed by atoms with Crippen molar-refractivity contribution in [3.8, 4) is 11.4 Å². The molecule has 1 saturated heterocycles. The second-order valence-corrected chi connectivity index (χ2v) is 7.95. The molecule has 1 aliphatic heterocycles. The van der Waals surface area contributed by atoms with E-state index in [1.807, 2.05) is 60.4 Å². The molecule has 2 aromatic carbocycles. The third-order valence-corrected chi connectivity index (χ3v) is 5.90. The molecule has 8 nitrogen and oxygen atoms in total. The molecule has 0 saturated carbocycles. The molecule has 2 aromatic heterocycles. The fourth-order valence-corrected chi connectivity index (χ4v) is 4.02. The Bertz CT molecular complexity index is 1210. The van der Waals surface area contributed by atoms with E-state index < -0.39 is 0 Å². The third kappa shape index (κ3) is 3.70. The number of hydrogen-bond acceptors (Lipinski definition) is 6. The topological polar surface area (TPSA) is 91.2 Å². The lowest BCUT2D eigenvalue weighted by Crippen LogP contribution is -2.49. The summed E-state index contributed by atoms with van der Waals surface area (Å²) in [4.78, 5) is 21.8. The zero-order chi connectivity index (χ0) is 21.4. The summed E-state index contributed by atoms with van der Waals surface area (Å²) in [6.45, 7) is 6.80. The number of aryl methyl sites for hydroxylation is 1. The molecule has 4 aromatic rings. The summed E-state index contributed by atoms with van der Waals surface area (Å²) >= 11 is 0. The molecule has 0 aliphatic carbocycles. The molecule has 31 heavy (non-hydrogen) atoms. The van der Waals surface area contributed by atoms with Crippen molar-refractivity contribution in [1.82, 2.24) is 30.1 Å². The molecule has 0 radical (unpaired) electrons. The zero-order valence-electron chi connectivity index (χ0n) is 17.6. The van der Waals surface area contributed by atoms with E-state index in [0.717, 1.165) is 35.1 Å². The highest BCUT2D eigenvalue weighted by Gasteiger charge is 2.29. The van der Waals surface area contributed by atoms with Crippen molar-refractivity contribution in [3.63, 3.8) is 0 Å². The number of hydrogen-bond donors (Lipinski definition) is 1. The number of amides is 1. The molecule has 5 rings (SSSR count). The van der Waals surface area contributed by atoms with Crippen molar-refractivity contribution in [2.24, 2.45) is 0 Å². The van der Waals surface area contributed by atoms with Crippen LogP contribution in [0.15, 0.2) is 53.1 Å². The quantitative estimate of drug-likeness (QED) is 0.548. The maximum absolute atomic E-state index is 13.1. The average molecular weight is 416 g/mol. The SMILES string of the molecule is Cc1ccc2[nH]nc(C(=O)N3CCN(C(C)c4nc(-c5ccccc5)no4)CC3)c2c1. The first-order chi connectivity index (χ1) is 15.1. The first-order valence-corrected chi connectivity index (χ1v) is 10.5. The van der Waals surface area contributed by atoms with Crippen LogP contribution in [0, 0.1) is 6.92 Å². The van der Waals surface area contributed by atoms with Crippen molar-refractivity contribution >= 4 is 16.8 Å². The second-order valence-electron chi connectivity index (χ2n) is 7.95. The van der Waals surface area contributed by atoms with E-state index in [1.54, 1.807) is 0 Å². The van der Waals surface area contributed by atoms with Gasteiger partial charge in [0, 0.05) is 37.1 Å².